The molecule has 0 aliphatic rings. The summed E-state index contributed by atoms with van der Waals surface area (Å²) >= 11 is 1.14. The number of carboxylic acids is 1. The van der Waals surface area contributed by atoms with Gasteiger partial charge in [-0.2, -0.15) is 0 Å². The molecule has 0 radical (unpaired) electrons. The maximum atomic E-state index is 10.7. The molecule has 0 atom stereocenters. The molecule has 6 heteroatoms. The van der Waals surface area contributed by atoms with Crippen molar-refractivity contribution in [3.8, 4) is 23.3 Å². The van der Waals surface area contributed by atoms with Crippen LogP contribution in [-0.2, 0) is 4.79 Å². The van der Waals surface area contributed by atoms with Gasteiger partial charge in [0, 0.05) is 19.1 Å². The molecule has 0 fully saturated rings. The maximum absolute atomic E-state index is 10.7. The second-order valence-corrected chi connectivity index (χ2v) is 4.86. The smallest absolute Gasteiger partial charge is 0.335 e. The van der Waals surface area contributed by atoms with Gasteiger partial charge in [-0.3, -0.25) is 4.79 Å². The summed E-state index contributed by atoms with van der Waals surface area (Å²) in [5.74, 6) is 3.76. The Labute approximate surface area is 114 Å². The fourth-order valence-corrected chi connectivity index (χ4v) is 1.75. The van der Waals surface area contributed by atoms with Gasteiger partial charge in [-0.1, -0.05) is 23.6 Å². The highest BCUT2D eigenvalue weighted by Crippen LogP contribution is 2.27. The van der Waals surface area contributed by atoms with Crippen molar-refractivity contribution in [2.24, 2.45) is 0 Å². The average molecular weight is 280 g/mol. The number of phenolic OH excluding ortho intramolecular Hbond substituents is 2. The number of rotatable bonds is 3. The van der Waals surface area contributed by atoms with Crippen LogP contribution in [0.4, 0.5) is 0 Å². The van der Waals surface area contributed by atoms with Gasteiger partial charge in [0.05, 0.1) is 5.56 Å². The van der Waals surface area contributed by atoms with Crippen molar-refractivity contribution < 1.29 is 24.9 Å². The summed E-state index contributed by atoms with van der Waals surface area (Å²) in [4.78, 5) is 21.4. The molecule has 0 bridgehead atoms. The average Bonchev–Trinajstić information content (AvgIpc) is 2.30. The van der Waals surface area contributed by atoms with Gasteiger partial charge in [0.2, 0.25) is 0 Å². The third-order valence-electron chi connectivity index (χ3n) is 2.09. The predicted molar refractivity (Wildman–Crippen MR) is 71.4 cm³/mol. The second kappa shape index (κ2) is 6.71. The molecule has 1 rings (SSSR count). The van der Waals surface area contributed by atoms with Crippen LogP contribution in [-0.4, -0.2) is 32.2 Å². The summed E-state index contributed by atoms with van der Waals surface area (Å²) in [6, 6.07) is 2.05. The first kappa shape index (κ1) is 14.9. The number of thioether (sulfide) groups is 1. The molecule has 5 nitrogen and oxygen atoms in total. The van der Waals surface area contributed by atoms with Gasteiger partial charge in [-0.25, -0.2) is 4.79 Å². The molecule has 0 aliphatic heterocycles. The molecule has 0 amide bonds. The molecule has 1 aromatic rings. The Morgan fingerprint density at radius 3 is 2.32 bits per heavy atom. The zero-order valence-corrected chi connectivity index (χ0v) is 11.0. The van der Waals surface area contributed by atoms with Crippen LogP contribution in [0.3, 0.4) is 0 Å². The van der Waals surface area contributed by atoms with Crippen LogP contribution < -0.4 is 0 Å². The first-order chi connectivity index (χ1) is 8.91. The van der Waals surface area contributed by atoms with E-state index in [9.17, 15) is 19.8 Å². The van der Waals surface area contributed by atoms with Gasteiger partial charge >= 0.3 is 5.97 Å². The number of hydrogen-bond acceptors (Lipinski definition) is 5. The van der Waals surface area contributed by atoms with Crippen molar-refractivity contribution in [3.05, 3.63) is 23.3 Å². The van der Waals surface area contributed by atoms with Crippen LogP contribution in [0, 0.1) is 11.8 Å². The van der Waals surface area contributed by atoms with E-state index < -0.39 is 5.97 Å². The molecule has 3 N–H and O–H groups in total. The Morgan fingerprint density at radius 2 is 1.84 bits per heavy atom. The van der Waals surface area contributed by atoms with E-state index in [0.29, 0.717) is 12.2 Å². The van der Waals surface area contributed by atoms with Crippen molar-refractivity contribution in [2.45, 2.75) is 13.3 Å². The van der Waals surface area contributed by atoms with Gasteiger partial charge in [-0.05, 0) is 12.1 Å². The lowest BCUT2D eigenvalue weighted by Gasteiger charge is -2.02. The summed E-state index contributed by atoms with van der Waals surface area (Å²) in [6.45, 7) is 1.46. The maximum Gasteiger partial charge on any atom is 0.335 e. The van der Waals surface area contributed by atoms with E-state index in [1.165, 1.54) is 6.92 Å². The molecule has 100 valence electrons. The van der Waals surface area contributed by atoms with E-state index in [1.807, 2.05) is 0 Å². The fourth-order valence-electron chi connectivity index (χ4n) is 1.26. The highest BCUT2D eigenvalue weighted by Gasteiger charge is 2.11. The van der Waals surface area contributed by atoms with Crippen molar-refractivity contribution in [3.63, 3.8) is 0 Å². The van der Waals surface area contributed by atoms with Crippen molar-refractivity contribution in [2.75, 3.05) is 5.75 Å². The summed E-state index contributed by atoms with van der Waals surface area (Å²) in [6.07, 6.45) is 0.420. The summed E-state index contributed by atoms with van der Waals surface area (Å²) < 4.78 is 0. The lowest BCUT2D eigenvalue weighted by Crippen LogP contribution is -1.96. The molecule has 0 saturated heterocycles. The third-order valence-corrected chi connectivity index (χ3v) is 2.90. The number of carboxylic acid groups (broad SMARTS) is 1. The van der Waals surface area contributed by atoms with Crippen molar-refractivity contribution >= 4 is 22.8 Å². The standard InChI is InChI=1S/C13H12O5S/c1-8(14)19-5-3-2-4-10-11(15)6-9(13(17)18)7-12(10)16/h6-7,15-16H,3,5H2,1H3,(H,17,18). The van der Waals surface area contributed by atoms with Gasteiger partial charge < -0.3 is 15.3 Å². The molecule has 1 aromatic carbocycles. The molecule has 0 spiro atoms. The Kier molecular flexibility index (Phi) is 5.27. The van der Waals surface area contributed by atoms with Gasteiger partial charge in [0.1, 0.15) is 17.1 Å². The first-order valence-electron chi connectivity index (χ1n) is 5.33. The molecular weight excluding hydrogens is 268 g/mol. The second-order valence-electron chi connectivity index (χ2n) is 3.59. The minimum atomic E-state index is -1.25. The number of hydrogen-bond donors (Lipinski definition) is 3. The zero-order chi connectivity index (χ0) is 14.4. The normalized spacial score (nSPS) is 9.53. The number of carbonyl (C=O) groups is 2. The number of carbonyl (C=O) groups excluding carboxylic acids is 1. The summed E-state index contributed by atoms with van der Waals surface area (Å²) in [7, 11) is 0. The predicted octanol–water partition coefficient (Wildman–Crippen LogP) is 1.82. The number of aromatic carboxylic acids is 1. The van der Waals surface area contributed by atoms with Gasteiger partial charge in [0.15, 0.2) is 5.12 Å². The van der Waals surface area contributed by atoms with E-state index in [4.69, 9.17) is 5.11 Å². The molecule has 0 saturated carbocycles. The number of aromatic hydroxyl groups is 2. The quantitative estimate of drug-likeness (QED) is 0.577. The Morgan fingerprint density at radius 1 is 1.26 bits per heavy atom. The SMILES string of the molecule is CC(=O)SCCC#Cc1c(O)cc(C(=O)O)cc1O. The summed E-state index contributed by atoms with van der Waals surface area (Å²) in [5.41, 5.74) is -0.231. The molecule has 0 heterocycles. The van der Waals surface area contributed by atoms with Crippen LogP contribution >= 0.6 is 11.8 Å². The number of phenols is 2. The van der Waals surface area contributed by atoms with Crippen LogP contribution in [0.5, 0.6) is 11.5 Å². The van der Waals surface area contributed by atoms with E-state index in [-0.39, 0.29) is 27.7 Å². The zero-order valence-electron chi connectivity index (χ0n) is 10.1. The van der Waals surface area contributed by atoms with Crippen LogP contribution in [0.1, 0.15) is 29.3 Å². The van der Waals surface area contributed by atoms with Crippen LogP contribution in [0.25, 0.3) is 0 Å². The Hall–Kier alpha value is -2.13. The number of benzene rings is 1. The van der Waals surface area contributed by atoms with Crippen molar-refractivity contribution in [1.82, 2.24) is 0 Å². The van der Waals surface area contributed by atoms with E-state index in [1.54, 1.807) is 0 Å². The first-order valence-corrected chi connectivity index (χ1v) is 6.32. The third kappa shape index (κ3) is 4.56. The van der Waals surface area contributed by atoms with Gasteiger partial charge in [-0.15, -0.1) is 0 Å². The topological polar surface area (TPSA) is 94.8 Å². The Balaban J connectivity index is 2.82. The van der Waals surface area contributed by atoms with Crippen LogP contribution in [0.2, 0.25) is 0 Å². The molecular formula is C13H12O5S. The van der Waals surface area contributed by atoms with Crippen LogP contribution in [0.15, 0.2) is 12.1 Å². The molecule has 0 aliphatic carbocycles. The van der Waals surface area contributed by atoms with E-state index in [0.717, 1.165) is 23.9 Å². The van der Waals surface area contributed by atoms with Gasteiger partial charge in [0.25, 0.3) is 0 Å². The highest BCUT2D eigenvalue weighted by molar-refractivity contribution is 8.13. The monoisotopic (exact) mass is 280 g/mol. The largest absolute Gasteiger partial charge is 0.506 e. The summed E-state index contributed by atoms with van der Waals surface area (Å²) in [5, 5.41) is 27.9. The van der Waals surface area contributed by atoms with E-state index in [2.05, 4.69) is 11.8 Å². The lowest BCUT2D eigenvalue weighted by molar-refractivity contribution is -0.109. The van der Waals surface area contributed by atoms with E-state index >= 15 is 0 Å². The molecule has 0 unspecified atom stereocenters. The Bertz CT molecular complexity index is 545. The minimum Gasteiger partial charge on any atom is -0.506 e. The highest BCUT2D eigenvalue weighted by atomic mass is 32.2. The van der Waals surface area contributed by atoms with Crippen molar-refractivity contribution in [1.29, 1.82) is 0 Å². The molecule has 0 aromatic heterocycles. The fraction of sp³-hybridized carbons (Fsp3) is 0.231. The lowest BCUT2D eigenvalue weighted by atomic mass is 10.1. The minimum absolute atomic E-state index is 0.00157. The molecule has 19 heavy (non-hydrogen) atoms.